The molecule has 0 saturated carbocycles. The van der Waals surface area contributed by atoms with Gasteiger partial charge in [-0.05, 0) is 31.2 Å². The van der Waals surface area contributed by atoms with Crippen LogP contribution in [-0.4, -0.2) is 22.6 Å². The van der Waals surface area contributed by atoms with Gasteiger partial charge in [0.15, 0.2) is 5.78 Å². The summed E-state index contributed by atoms with van der Waals surface area (Å²) in [5.74, 6) is -0.483. The largest absolute Gasteiger partial charge is 0.481 e. The Labute approximate surface area is 104 Å². The van der Waals surface area contributed by atoms with Crippen LogP contribution in [-0.2, 0) is 4.79 Å². The molecule has 2 rings (SSSR count). The van der Waals surface area contributed by atoms with Crippen molar-refractivity contribution in [2.75, 3.05) is 5.75 Å². The summed E-state index contributed by atoms with van der Waals surface area (Å²) < 4.78 is 0. The maximum atomic E-state index is 12.2. The molecule has 4 heteroatoms. The monoisotopic (exact) mass is 250 g/mol. The maximum Gasteiger partial charge on any atom is 0.304 e. The quantitative estimate of drug-likeness (QED) is 0.877. The van der Waals surface area contributed by atoms with Gasteiger partial charge in [-0.2, -0.15) is 0 Å². The standard InChI is InChI=1S/C13H14O3S/c1-8-2-3-11-10(6-8)13(16)9(4-5-17-11)7-12(14)15/h2-3,6,9H,4-5,7H2,1H3,(H,14,15). The zero-order valence-electron chi connectivity index (χ0n) is 9.60. The number of Topliss-reactive ketones (excluding diaryl/α,β-unsaturated/α-hetero) is 1. The minimum atomic E-state index is -0.899. The summed E-state index contributed by atoms with van der Waals surface area (Å²) in [5.41, 5.74) is 1.73. The second-order valence-electron chi connectivity index (χ2n) is 4.30. The highest BCUT2D eigenvalue weighted by Crippen LogP contribution is 2.33. The third kappa shape index (κ3) is 2.69. The Balaban J connectivity index is 2.34. The fraction of sp³-hybridized carbons (Fsp3) is 0.385. The Morgan fingerprint density at radius 2 is 2.29 bits per heavy atom. The SMILES string of the molecule is Cc1ccc2c(c1)C(=O)C(CC(=O)O)CCS2. The fourth-order valence-corrected chi connectivity index (χ4v) is 3.13. The molecular weight excluding hydrogens is 236 g/mol. The van der Waals surface area contributed by atoms with Crippen molar-refractivity contribution in [3.8, 4) is 0 Å². The smallest absolute Gasteiger partial charge is 0.304 e. The molecule has 1 atom stereocenters. The topological polar surface area (TPSA) is 54.4 Å². The van der Waals surface area contributed by atoms with Gasteiger partial charge in [0, 0.05) is 16.4 Å². The van der Waals surface area contributed by atoms with Crippen molar-refractivity contribution in [3.05, 3.63) is 29.3 Å². The molecule has 0 radical (unpaired) electrons. The van der Waals surface area contributed by atoms with E-state index in [4.69, 9.17) is 5.11 Å². The lowest BCUT2D eigenvalue weighted by Gasteiger charge is -2.10. The molecule has 1 aromatic carbocycles. The number of carboxylic acids is 1. The van der Waals surface area contributed by atoms with Crippen LogP contribution in [0.3, 0.4) is 0 Å². The predicted octanol–water partition coefficient (Wildman–Crippen LogP) is 2.76. The number of benzene rings is 1. The van der Waals surface area contributed by atoms with Crippen molar-refractivity contribution in [2.45, 2.75) is 24.7 Å². The number of carboxylic acid groups (broad SMARTS) is 1. The first kappa shape index (κ1) is 12.2. The van der Waals surface area contributed by atoms with Crippen LogP contribution in [0.2, 0.25) is 0 Å². The fourth-order valence-electron chi connectivity index (χ4n) is 2.03. The number of thioether (sulfide) groups is 1. The second-order valence-corrected chi connectivity index (χ2v) is 5.43. The average molecular weight is 250 g/mol. The van der Waals surface area contributed by atoms with Gasteiger partial charge in [-0.3, -0.25) is 9.59 Å². The third-order valence-corrected chi connectivity index (χ3v) is 4.02. The van der Waals surface area contributed by atoms with Gasteiger partial charge >= 0.3 is 5.97 Å². The third-order valence-electron chi connectivity index (χ3n) is 2.92. The van der Waals surface area contributed by atoms with E-state index < -0.39 is 5.97 Å². The molecule has 1 aliphatic heterocycles. The molecule has 90 valence electrons. The minimum absolute atomic E-state index is 0.0175. The first-order chi connectivity index (χ1) is 8.08. The first-order valence-corrected chi connectivity index (χ1v) is 6.56. The number of carbonyl (C=O) groups is 2. The number of fused-ring (bicyclic) bond motifs is 1. The van der Waals surface area contributed by atoms with Crippen LogP contribution in [0.5, 0.6) is 0 Å². The van der Waals surface area contributed by atoms with Crippen molar-refractivity contribution in [1.29, 1.82) is 0 Å². The summed E-state index contributed by atoms with van der Waals surface area (Å²) in [6.07, 6.45) is 0.580. The Kier molecular flexibility index (Phi) is 3.52. The van der Waals surface area contributed by atoms with Gasteiger partial charge < -0.3 is 5.11 Å². The number of ketones is 1. The Hall–Kier alpha value is -1.29. The van der Waals surface area contributed by atoms with Crippen molar-refractivity contribution < 1.29 is 14.7 Å². The lowest BCUT2D eigenvalue weighted by molar-refractivity contribution is -0.137. The number of carbonyl (C=O) groups excluding carboxylic acids is 1. The van der Waals surface area contributed by atoms with E-state index in [1.54, 1.807) is 11.8 Å². The van der Waals surface area contributed by atoms with E-state index in [1.165, 1.54) is 0 Å². The molecule has 1 unspecified atom stereocenters. The molecule has 1 N–H and O–H groups in total. The van der Waals surface area contributed by atoms with Crippen molar-refractivity contribution in [1.82, 2.24) is 0 Å². The molecule has 0 fully saturated rings. The molecule has 17 heavy (non-hydrogen) atoms. The van der Waals surface area contributed by atoms with E-state index in [0.29, 0.717) is 12.0 Å². The molecule has 1 aliphatic rings. The van der Waals surface area contributed by atoms with Gasteiger partial charge in [0.05, 0.1) is 6.42 Å². The highest BCUT2D eigenvalue weighted by Gasteiger charge is 2.27. The van der Waals surface area contributed by atoms with Gasteiger partial charge in [0.2, 0.25) is 0 Å². The summed E-state index contributed by atoms with van der Waals surface area (Å²) in [6, 6.07) is 5.80. The summed E-state index contributed by atoms with van der Waals surface area (Å²) >= 11 is 1.64. The molecule has 0 bridgehead atoms. The molecular formula is C13H14O3S. The first-order valence-electron chi connectivity index (χ1n) is 5.57. The molecule has 0 saturated heterocycles. The van der Waals surface area contributed by atoms with Crippen LogP contribution in [0.15, 0.2) is 23.1 Å². The average Bonchev–Trinajstić information content (AvgIpc) is 2.40. The zero-order chi connectivity index (χ0) is 12.4. The molecule has 0 amide bonds. The number of aryl methyl sites for hydroxylation is 1. The van der Waals surface area contributed by atoms with Gasteiger partial charge in [0.25, 0.3) is 0 Å². The highest BCUT2D eigenvalue weighted by molar-refractivity contribution is 7.99. The summed E-state index contributed by atoms with van der Waals surface area (Å²) in [5, 5.41) is 8.82. The number of hydrogen-bond acceptors (Lipinski definition) is 3. The second kappa shape index (κ2) is 4.92. The Morgan fingerprint density at radius 3 is 3.00 bits per heavy atom. The zero-order valence-corrected chi connectivity index (χ0v) is 10.4. The van der Waals surface area contributed by atoms with Gasteiger partial charge in [0.1, 0.15) is 0 Å². The van der Waals surface area contributed by atoms with Crippen LogP contribution in [0.4, 0.5) is 0 Å². The van der Waals surface area contributed by atoms with Gasteiger partial charge in [-0.25, -0.2) is 0 Å². The van der Waals surface area contributed by atoms with Crippen molar-refractivity contribution in [3.63, 3.8) is 0 Å². The van der Waals surface area contributed by atoms with Crippen LogP contribution in [0, 0.1) is 12.8 Å². The van der Waals surface area contributed by atoms with E-state index in [-0.39, 0.29) is 18.1 Å². The maximum absolute atomic E-state index is 12.2. The Morgan fingerprint density at radius 1 is 1.53 bits per heavy atom. The van der Waals surface area contributed by atoms with Gasteiger partial charge in [-0.15, -0.1) is 11.8 Å². The molecule has 0 aliphatic carbocycles. The van der Waals surface area contributed by atoms with Crippen LogP contribution in [0.25, 0.3) is 0 Å². The minimum Gasteiger partial charge on any atom is -0.481 e. The van der Waals surface area contributed by atoms with E-state index in [9.17, 15) is 9.59 Å². The van der Waals surface area contributed by atoms with Gasteiger partial charge in [-0.1, -0.05) is 11.6 Å². The lowest BCUT2D eigenvalue weighted by Crippen LogP contribution is -2.18. The molecule has 3 nitrogen and oxygen atoms in total. The van der Waals surface area contributed by atoms with Crippen LogP contribution >= 0.6 is 11.8 Å². The number of hydrogen-bond donors (Lipinski definition) is 1. The predicted molar refractivity (Wildman–Crippen MR) is 66.6 cm³/mol. The van der Waals surface area contributed by atoms with Crippen LogP contribution < -0.4 is 0 Å². The van der Waals surface area contributed by atoms with Crippen molar-refractivity contribution >= 4 is 23.5 Å². The summed E-state index contributed by atoms with van der Waals surface area (Å²) in [6.45, 7) is 1.94. The van der Waals surface area contributed by atoms with E-state index in [2.05, 4.69) is 0 Å². The number of rotatable bonds is 2. The van der Waals surface area contributed by atoms with E-state index in [1.807, 2.05) is 25.1 Å². The highest BCUT2D eigenvalue weighted by atomic mass is 32.2. The molecule has 1 aromatic rings. The number of aliphatic carboxylic acids is 1. The van der Waals surface area contributed by atoms with E-state index in [0.717, 1.165) is 16.2 Å². The molecule has 0 aromatic heterocycles. The van der Waals surface area contributed by atoms with Crippen molar-refractivity contribution in [2.24, 2.45) is 5.92 Å². The Bertz CT molecular complexity index is 468. The summed E-state index contributed by atoms with van der Waals surface area (Å²) in [7, 11) is 0. The molecule has 0 spiro atoms. The summed E-state index contributed by atoms with van der Waals surface area (Å²) in [4.78, 5) is 24.0. The van der Waals surface area contributed by atoms with E-state index >= 15 is 0 Å². The lowest BCUT2D eigenvalue weighted by atomic mass is 9.92. The van der Waals surface area contributed by atoms with Crippen LogP contribution in [0.1, 0.15) is 28.8 Å². The molecule has 1 heterocycles. The normalized spacial score (nSPS) is 19.6.